The molecule has 24 heavy (non-hydrogen) atoms. The van der Waals surface area contributed by atoms with Crippen molar-refractivity contribution in [2.45, 2.75) is 64.8 Å². The van der Waals surface area contributed by atoms with E-state index in [0.717, 1.165) is 11.8 Å². The summed E-state index contributed by atoms with van der Waals surface area (Å²) in [6, 6.07) is 9.66. The van der Waals surface area contributed by atoms with Crippen LogP contribution in [0.3, 0.4) is 0 Å². The highest BCUT2D eigenvalue weighted by atomic mass is 16.6. The molecule has 0 saturated carbocycles. The normalized spacial score (nSPS) is 26.4. The van der Waals surface area contributed by atoms with Crippen molar-refractivity contribution < 1.29 is 19.4 Å². The fourth-order valence-corrected chi connectivity index (χ4v) is 4.03. The van der Waals surface area contributed by atoms with Crippen molar-refractivity contribution in [2.24, 2.45) is 5.41 Å². The predicted molar refractivity (Wildman–Crippen MR) is 91.7 cm³/mol. The van der Waals surface area contributed by atoms with Crippen LogP contribution in [-0.4, -0.2) is 33.6 Å². The highest BCUT2D eigenvalue weighted by Gasteiger charge is 2.65. The average molecular weight is 333 g/mol. The van der Waals surface area contributed by atoms with Gasteiger partial charge in [0.25, 0.3) is 0 Å². The Balaban J connectivity index is 2.71. The van der Waals surface area contributed by atoms with Crippen molar-refractivity contribution in [1.82, 2.24) is 4.90 Å². The molecular weight excluding hydrogens is 306 g/mol. The van der Waals surface area contributed by atoms with Gasteiger partial charge < -0.3 is 14.6 Å². The smallest absolute Gasteiger partial charge is 0.410 e. The van der Waals surface area contributed by atoms with Gasteiger partial charge in [-0.2, -0.15) is 0 Å². The summed E-state index contributed by atoms with van der Waals surface area (Å²) in [7, 11) is 0. The summed E-state index contributed by atoms with van der Waals surface area (Å²) in [5, 5.41) is 9.97. The molecule has 1 heterocycles. The molecule has 5 heteroatoms. The summed E-state index contributed by atoms with van der Waals surface area (Å²) in [6.45, 7) is 9.56. The number of carbonyl (C=O) groups is 2. The van der Waals surface area contributed by atoms with Crippen molar-refractivity contribution >= 4 is 12.4 Å². The lowest BCUT2D eigenvalue weighted by molar-refractivity contribution is -0.109. The zero-order chi connectivity index (χ0) is 18.2. The zero-order valence-electron chi connectivity index (χ0n) is 15.1. The van der Waals surface area contributed by atoms with Crippen molar-refractivity contribution in [3.8, 4) is 0 Å². The molecule has 1 fully saturated rings. The first-order valence-electron chi connectivity index (χ1n) is 8.27. The molecule has 0 unspecified atom stereocenters. The molecular formula is C19H27NO4. The van der Waals surface area contributed by atoms with Gasteiger partial charge in [-0.3, -0.25) is 4.90 Å². The van der Waals surface area contributed by atoms with E-state index in [9.17, 15) is 14.7 Å². The molecule has 1 aliphatic heterocycles. The SMILES string of the molecule is CC1(C)O[C@H](c2ccccc2)[C@@](CCC=O)(C(C)(C)C)N1C(=O)O. The van der Waals surface area contributed by atoms with Gasteiger partial charge in [-0.25, -0.2) is 4.79 Å². The highest BCUT2D eigenvalue weighted by molar-refractivity contribution is 5.68. The number of ether oxygens (including phenoxy) is 1. The van der Waals surface area contributed by atoms with Gasteiger partial charge >= 0.3 is 6.09 Å². The average Bonchev–Trinajstić information content (AvgIpc) is 2.74. The molecule has 0 aliphatic carbocycles. The third-order valence-corrected chi connectivity index (χ3v) is 5.01. The van der Waals surface area contributed by atoms with E-state index in [-0.39, 0.29) is 6.42 Å². The standard InChI is InChI=1S/C19H27NO4/c1-17(2,3)19(12-9-13-21)15(14-10-7-6-8-11-14)24-18(4,5)20(19)16(22)23/h6-8,10-11,13,15H,9,12H2,1-5H3,(H,22,23)/t15-,19+/m1/s1. The Morgan fingerprint density at radius 1 is 1.29 bits per heavy atom. The van der Waals surface area contributed by atoms with Crippen molar-refractivity contribution in [2.75, 3.05) is 0 Å². The van der Waals surface area contributed by atoms with Gasteiger partial charge in [0.05, 0.1) is 5.54 Å². The second-order valence-corrected chi connectivity index (χ2v) is 7.85. The van der Waals surface area contributed by atoms with Crippen LogP contribution in [-0.2, 0) is 9.53 Å². The van der Waals surface area contributed by atoms with Gasteiger partial charge in [0.2, 0.25) is 0 Å². The van der Waals surface area contributed by atoms with E-state index in [1.807, 2.05) is 51.1 Å². The number of amides is 1. The largest absolute Gasteiger partial charge is 0.465 e. The van der Waals surface area contributed by atoms with E-state index in [2.05, 4.69) is 0 Å². The van der Waals surface area contributed by atoms with E-state index < -0.39 is 28.9 Å². The number of hydrogen-bond donors (Lipinski definition) is 1. The quantitative estimate of drug-likeness (QED) is 0.837. The summed E-state index contributed by atoms with van der Waals surface area (Å²) in [5.41, 5.74) is -1.33. The first-order valence-corrected chi connectivity index (χ1v) is 8.27. The number of nitrogens with zero attached hydrogens (tertiary/aromatic N) is 1. The number of rotatable bonds is 4. The van der Waals surface area contributed by atoms with Crippen LogP contribution in [0.4, 0.5) is 4.79 Å². The molecule has 1 aliphatic rings. The molecule has 1 aromatic rings. The molecule has 132 valence electrons. The minimum absolute atomic E-state index is 0.282. The summed E-state index contributed by atoms with van der Waals surface area (Å²) in [5.74, 6) is 0. The molecule has 2 rings (SSSR count). The number of carbonyl (C=O) groups excluding carboxylic acids is 1. The summed E-state index contributed by atoms with van der Waals surface area (Å²) < 4.78 is 6.28. The Bertz CT molecular complexity index is 606. The van der Waals surface area contributed by atoms with Crippen LogP contribution in [0.1, 0.15) is 59.1 Å². The predicted octanol–water partition coefficient (Wildman–Crippen LogP) is 4.24. The topological polar surface area (TPSA) is 66.8 Å². The third kappa shape index (κ3) is 2.81. The number of hydrogen-bond acceptors (Lipinski definition) is 3. The van der Waals surface area contributed by atoms with Gasteiger partial charge in [0.15, 0.2) is 0 Å². The van der Waals surface area contributed by atoms with E-state index >= 15 is 0 Å². The minimum atomic E-state index is -1.03. The zero-order valence-corrected chi connectivity index (χ0v) is 15.1. The molecule has 0 radical (unpaired) electrons. The monoisotopic (exact) mass is 333 g/mol. The van der Waals surface area contributed by atoms with E-state index in [4.69, 9.17) is 4.74 Å². The summed E-state index contributed by atoms with van der Waals surface area (Å²) >= 11 is 0. The van der Waals surface area contributed by atoms with Crippen LogP contribution >= 0.6 is 0 Å². The second-order valence-electron chi connectivity index (χ2n) is 7.85. The van der Waals surface area contributed by atoms with Gasteiger partial charge in [-0.05, 0) is 31.2 Å². The maximum absolute atomic E-state index is 12.2. The van der Waals surface area contributed by atoms with Gasteiger partial charge in [-0.15, -0.1) is 0 Å². The van der Waals surface area contributed by atoms with Crippen molar-refractivity contribution in [3.63, 3.8) is 0 Å². The van der Waals surface area contributed by atoms with Crippen LogP contribution < -0.4 is 0 Å². The third-order valence-electron chi connectivity index (χ3n) is 5.01. The number of benzene rings is 1. The Hall–Kier alpha value is -1.88. The molecule has 0 spiro atoms. The summed E-state index contributed by atoms with van der Waals surface area (Å²) in [4.78, 5) is 24.7. The van der Waals surface area contributed by atoms with Gasteiger partial charge in [0.1, 0.15) is 18.1 Å². The van der Waals surface area contributed by atoms with Gasteiger partial charge in [-0.1, -0.05) is 51.1 Å². The Morgan fingerprint density at radius 2 is 1.88 bits per heavy atom. The molecule has 1 aromatic carbocycles. The fourth-order valence-electron chi connectivity index (χ4n) is 4.03. The molecule has 1 amide bonds. The minimum Gasteiger partial charge on any atom is -0.465 e. The molecule has 1 N–H and O–H groups in total. The molecule has 1 saturated heterocycles. The molecule has 0 bridgehead atoms. The first kappa shape index (κ1) is 18.5. The second kappa shape index (κ2) is 6.20. The van der Waals surface area contributed by atoms with Crippen LogP contribution in [0.5, 0.6) is 0 Å². The molecule has 0 aromatic heterocycles. The lowest BCUT2D eigenvalue weighted by Gasteiger charge is -2.50. The Morgan fingerprint density at radius 3 is 2.33 bits per heavy atom. The lowest BCUT2D eigenvalue weighted by Crippen LogP contribution is -2.61. The molecule has 2 atom stereocenters. The van der Waals surface area contributed by atoms with Crippen molar-refractivity contribution in [1.29, 1.82) is 0 Å². The fraction of sp³-hybridized carbons (Fsp3) is 0.579. The van der Waals surface area contributed by atoms with E-state index in [0.29, 0.717) is 6.42 Å². The summed E-state index contributed by atoms with van der Waals surface area (Å²) in [6.07, 6.45) is 0.0732. The number of aldehydes is 1. The highest BCUT2D eigenvalue weighted by Crippen LogP contribution is 2.57. The van der Waals surface area contributed by atoms with E-state index in [1.54, 1.807) is 13.8 Å². The maximum atomic E-state index is 12.2. The maximum Gasteiger partial charge on any atom is 0.410 e. The Labute approximate surface area is 143 Å². The van der Waals surface area contributed by atoms with Gasteiger partial charge in [0, 0.05) is 6.42 Å². The van der Waals surface area contributed by atoms with Crippen LogP contribution in [0.2, 0.25) is 0 Å². The van der Waals surface area contributed by atoms with Crippen molar-refractivity contribution in [3.05, 3.63) is 35.9 Å². The van der Waals surface area contributed by atoms with Crippen LogP contribution in [0.25, 0.3) is 0 Å². The van der Waals surface area contributed by atoms with E-state index in [1.165, 1.54) is 4.90 Å². The first-order chi connectivity index (χ1) is 11.1. The lowest BCUT2D eigenvalue weighted by atomic mass is 9.65. The molecule has 5 nitrogen and oxygen atoms in total. The van der Waals surface area contributed by atoms with Crippen LogP contribution in [0, 0.1) is 5.41 Å². The van der Waals surface area contributed by atoms with Crippen LogP contribution in [0.15, 0.2) is 30.3 Å². The number of carboxylic acid groups (broad SMARTS) is 1. The Kier molecular flexibility index (Phi) is 4.77.